The maximum absolute atomic E-state index is 12.1. The first-order valence-corrected chi connectivity index (χ1v) is 6.97. The van der Waals surface area contributed by atoms with Gasteiger partial charge in [-0.25, -0.2) is 0 Å². The lowest BCUT2D eigenvalue weighted by Gasteiger charge is -2.27. The van der Waals surface area contributed by atoms with Crippen LogP contribution in [-0.4, -0.2) is 54.5 Å². The molecule has 114 valence electrons. The van der Waals surface area contributed by atoms with Crippen LogP contribution < -0.4 is 10.1 Å². The van der Waals surface area contributed by atoms with Crippen LogP contribution in [0, 0.1) is 0 Å². The van der Waals surface area contributed by atoms with Crippen LogP contribution in [0.5, 0.6) is 5.75 Å². The first-order chi connectivity index (χ1) is 9.99. The lowest BCUT2D eigenvalue weighted by atomic mass is 10.1. The summed E-state index contributed by atoms with van der Waals surface area (Å²) in [5.74, 6) is -0.305. The Bertz CT molecular complexity index is 544. The third-order valence-corrected chi connectivity index (χ3v) is 3.39. The molecule has 0 aliphatic carbocycles. The highest BCUT2D eigenvalue weighted by Crippen LogP contribution is 2.30. The van der Waals surface area contributed by atoms with Crippen molar-refractivity contribution in [3.63, 3.8) is 0 Å². The van der Waals surface area contributed by atoms with Crippen LogP contribution in [-0.2, 0) is 4.79 Å². The van der Waals surface area contributed by atoms with E-state index < -0.39 is 5.97 Å². The molecule has 1 unspecified atom stereocenters. The van der Waals surface area contributed by atoms with Crippen molar-refractivity contribution in [2.24, 2.45) is 0 Å². The average Bonchev–Trinajstić information content (AvgIpc) is 2.45. The molecule has 0 spiro atoms. The van der Waals surface area contributed by atoms with Gasteiger partial charge in [-0.05, 0) is 31.7 Å². The van der Waals surface area contributed by atoms with Crippen LogP contribution in [0.4, 0.5) is 5.69 Å². The highest BCUT2D eigenvalue weighted by atomic mass is 16.5. The number of carboxylic acids is 1. The second kappa shape index (κ2) is 6.58. The summed E-state index contributed by atoms with van der Waals surface area (Å²) in [5, 5.41) is 12.0. The molecule has 1 aliphatic rings. The third-order valence-electron chi connectivity index (χ3n) is 3.39. The Morgan fingerprint density at radius 1 is 1.43 bits per heavy atom. The zero-order chi connectivity index (χ0) is 15.4. The molecule has 0 bridgehead atoms. The van der Waals surface area contributed by atoms with Gasteiger partial charge in [0.25, 0.3) is 0 Å². The van der Waals surface area contributed by atoms with Gasteiger partial charge in [-0.3, -0.25) is 14.5 Å². The molecule has 0 radical (unpaired) electrons. The van der Waals surface area contributed by atoms with Crippen molar-refractivity contribution in [3.8, 4) is 5.75 Å². The van der Waals surface area contributed by atoms with Gasteiger partial charge in [-0.1, -0.05) is 6.92 Å². The number of rotatable bonds is 6. The number of ether oxygens (including phenoxy) is 1. The number of nitrogens with one attached hydrogen (secondary N) is 1. The minimum atomic E-state index is -0.948. The van der Waals surface area contributed by atoms with Crippen molar-refractivity contribution in [3.05, 3.63) is 23.8 Å². The lowest BCUT2D eigenvalue weighted by Crippen LogP contribution is -2.32. The molecule has 0 amide bonds. The van der Waals surface area contributed by atoms with Gasteiger partial charge in [-0.15, -0.1) is 0 Å². The number of Topliss-reactive ketones (excluding diaryl/α,β-unsaturated/α-hetero) is 1. The molecule has 6 nitrogen and oxygen atoms in total. The summed E-state index contributed by atoms with van der Waals surface area (Å²) < 4.78 is 5.79. The predicted octanol–water partition coefficient (Wildman–Crippen LogP) is 1.47. The SMILES string of the molecule is CCC1CNc2cc(C(=O)CN(C)CC(=O)O)ccc2O1. The summed E-state index contributed by atoms with van der Waals surface area (Å²) in [6, 6.07) is 5.27. The molecule has 21 heavy (non-hydrogen) atoms. The minimum Gasteiger partial charge on any atom is -0.486 e. The summed E-state index contributed by atoms with van der Waals surface area (Å²) in [6.45, 7) is 2.70. The second-order valence-corrected chi connectivity index (χ2v) is 5.23. The number of hydrogen-bond acceptors (Lipinski definition) is 5. The minimum absolute atomic E-state index is 0.0729. The van der Waals surface area contributed by atoms with Gasteiger partial charge in [0.15, 0.2) is 5.78 Å². The summed E-state index contributed by atoms with van der Waals surface area (Å²) in [6.07, 6.45) is 1.08. The van der Waals surface area contributed by atoms with E-state index in [4.69, 9.17) is 9.84 Å². The van der Waals surface area contributed by atoms with Crippen molar-refractivity contribution in [2.75, 3.05) is 32.0 Å². The standard InChI is InChI=1S/C15H20N2O4/c1-3-11-7-16-12-6-10(4-5-14(12)21-11)13(18)8-17(2)9-15(19)20/h4-6,11,16H,3,7-9H2,1-2H3,(H,19,20). The van der Waals surface area contributed by atoms with Gasteiger partial charge in [0, 0.05) is 5.56 Å². The van der Waals surface area contributed by atoms with Gasteiger partial charge in [0.2, 0.25) is 0 Å². The monoisotopic (exact) mass is 292 g/mol. The molecule has 1 atom stereocenters. The molecule has 1 heterocycles. The maximum Gasteiger partial charge on any atom is 0.317 e. The van der Waals surface area contributed by atoms with Gasteiger partial charge in [-0.2, -0.15) is 0 Å². The molecule has 0 aromatic heterocycles. The Morgan fingerprint density at radius 3 is 2.86 bits per heavy atom. The predicted molar refractivity (Wildman–Crippen MR) is 79.1 cm³/mol. The Hall–Kier alpha value is -2.08. The number of nitrogens with zero attached hydrogens (tertiary/aromatic N) is 1. The van der Waals surface area contributed by atoms with E-state index in [-0.39, 0.29) is 25.0 Å². The summed E-state index contributed by atoms with van der Waals surface area (Å²) in [5.41, 5.74) is 1.36. The van der Waals surface area contributed by atoms with Crippen molar-refractivity contribution in [1.82, 2.24) is 4.90 Å². The quantitative estimate of drug-likeness (QED) is 0.773. The average molecular weight is 292 g/mol. The van der Waals surface area contributed by atoms with E-state index in [0.717, 1.165) is 24.4 Å². The lowest BCUT2D eigenvalue weighted by molar-refractivity contribution is -0.137. The Labute approximate surface area is 123 Å². The molecule has 2 N–H and O–H groups in total. The number of carbonyl (C=O) groups is 2. The zero-order valence-electron chi connectivity index (χ0n) is 12.3. The van der Waals surface area contributed by atoms with Gasteiger partial charge in [0.05, 0.1) is 25.3 Å². The number of hydrogen-bond donors (Lipinski definition) is 2. The Kier molecular flexibility index (Phi) is 4.80. The highest BCUT2D eigenvalue weighted by molar-refractivity contribution is 5.99. The number of fused-ring (bicyclic) bond motifs is 1. The largest absolute Gasteiger partial charge is 0.486 e. The smallest absolute Gasteiger partial charge is 0.317 e. The second-order valence-electron chi connectivity index (χ2n) is 5.23. The summed E-state index contributed by atoms with van der Waals surface area (Å²) in [7, 11) is 1.61. The normalized spacial score (nSPS) is 16.8. The van der Waals surface area contributed by atoms with E-state index in [2.05, 4.69) is 12.2 Å². The van der Waals surface area contributed by atoms with Crippen molar-refractivity contribution >= 4 is 17.4 Å². The molecule has 2 rings (SSSR count). The molecule has 1 aliphatic heterocycles. The van der Waals surface area contributed by atoms with Crippen molar-refractivity contribution in [2.45, 2.75) is 19.4 Å². The number of likely N-dealkylation sites (N-methyl/N-ethyl adjacent to an activating group) is 1. The number of carboxylic acid groups (broad SMARTS) is 1. The molecule has 0 saturated heterocycles. The molecule has 0 saturated carbocycles. The van der Waals surface area contributed by atoms with Crippen molar-refractivity contribution in [1.29, 1.82) is 0 Å². The molecule has 0 fully saturated rings. The van der Waals surface area contributed by atoms with E-state index in [9.17, 15) is 9.59 Å². The van der Waals surface area contributed by atoms with Crippen LogP contribution in [0.2, 0.25) is 0 Å². The first kappa shape index (κ1) is 15.3. The Morgan fingerprint density at radius 2 is 2.19 bits per heavy atom. The van der Waals surface area contributed by atoms with E-state index in [1.54, 1.807) is 25.2 Å². The number of aliphatic carboxylic acids is 1. The highest BCUT2D eigenvalue weighted by Gasteiger charge is 2.19. The molecule has 1 aromatic carbocycles. The molecule has 1 aromatic rings. The van der Waals surface area contributed by atoms with Crippen LogP contribution in [0.15, 0.2) is 18.2 Å². The van der Waals surface area contributed by atoms with E-state index in [1.165, 1.54) is 4.90 Å². The zero-order valence-corrected chi connectivity index (χ0v) is 12.3. The number of benzene rings is 1. The van der Waals surface area contributed by atoms with Crippen LogP contribution in [0.3, 0.4) is 0 Å². The van der Waals surface area contributed by atoms with Gasteiger partial charge in [0.1, 0.15) is 11.9 Å². The van der Waals surface area contributed by atoms with Gasteiger partial charge < -0.3 is 15.2 Å². The topological polar surface area (TPSA) is 78.9 Å². The number of carbonyl (C=O) groups excluding carboxylic acids is 1. The fourth-order valence-electron chi connectivity index (χ4n) is 2.24. The van der Waals surface area contributed by atoms with Crippen molar-refractivity contribution < 1.29 is 19.4 Å². The van der Waals surface area contributed by atoms with Gasteiger partial charge >= 0.3 is 5.97 Å². The number of ketones is 1. The van der Waals surface area contributed by atoms with E-state index in [0.29, 0.717) is 5.56 Å². The summed E-state index contributed by atoms with van der Waals surface area (Å²) >= 11 is 0. The maximum atomic E-state index is 12.1. The fourth-order valence-corrected chi connectivity index (χ4v) is 2.24. The van der Waals surface area contributed by atoms with Crippen LogP contribution in [0.25, 0.3) is 0 Å². The molecular formula is C15H20N2O4. The van der Waals surface area contributed by atoms with Crippen LogP contribution >= 0.6 is 0 Å². The third kappa shape index (κ3) is 3.95. The molecular weight excluding hydrogens is 272 g/mol. The fraction of sp³-hybridized carbons (Fsp3) is 0.467. The Balaban J connectivity index is 2.05. The van der Waals surface area contributed by atoms with E-state index in [1.807, 2.05) is 0 Å². The summed E-state index contributed by atoms with van der Waals surface area (Å²) in [4.78, 5) is 24.2. The van der Waals surface area contributed by atoms with E-state index >= 15 is 0 Å². The first-order valence-electron chi connectivity index (χ1n) is 6.97. The number of anilines is 1. The van der Waals surface area contributed by atoms with Crippen LogP contribution in [0.1, 0.15) is 23.7 Å². The molecule has 6 heteroatoms.